The summed E-state index contributed by atoms with van der Waals surface area (Å²) >= 11 is 0. The van der Waals surface area contributed by atoms with E-state index in [1.807, 2.05) is 6.26 Å². The highest BCUT2D eigenvalue weighted by Crippen LogP contribution is 2.30. The lowest BCUT2D eigenvalue weighted by Crippen LogP contribution is -2.13. The topological polar surface area (TPSA) is 9.23 Å². The molecule has 0 aromatic rings. The Morgan fingerprint density at radius 1 is 1.10 bits per heavy atom. The van der Waals surface area contributed by atoms with Gasteiger partial charge in [0, 0.05) is 5.92 Å². The second-order valence-corrected chi connectivity index (χ2v) is 3.30. The zero-order valence-corrected chi connectivity index (χ0v) is 6.25. The zero-order chi connectivity index (χ0) is 6.81. The standard InChI is InChI=1S/C9H14O/c1-2-4-8-6-7-10-9(8)5-3-1/h6-9H,1-5H2. The van der Waals surface area contributed by atoms with E-state index < -0.39 is 0 Å². The fraction of sp³-hybridized carbons (Fsp3) is 0.778. The molecular formula is C9H14O. The summed E-state index contributed by atoms with van der Waals surface area (Å²) in [4.78, 5) is 0. The first-order valence-corrected chi connectivity index (χ1v) is 4.29. The van der Waals surface area contributed by atoms with Gasteiger partial charge in [-0.25, -0.2) is 0 Å². The fourth-order valence-corrected chi connectivity index (χ4v) is 1.94. The Bertz CT molecular complexity index is 140. The summed E-state index contributed by atoms with van der Waals surface area (Å²) in [5, 5.41) is 0. The second kappa shape index (κ2) is 2.65. The van der Waals surface area contributed by atoms with Crippen LogP contribution >= 0.6 is 0 Å². The molecule has 1 saturated carbocycles. The monoisotopic (exact) mass is 138 g/mol. The van der Waals surface area contributed by atoms with E-state index in [9.17, 15) is 0 Å². The first-order chi connectivity index (χ1) is 4.97. The van der Waals surface area contributed by atoms with Crippen LogP contribution in [0, 0.1) is 5.92 Å². The maximum absolute atomic E-state index is 5.46. The van der Waals surface area contributed by atoms with Crippen molar-refractivity contribution in [2.24, 2.45) is 5.92 Å². The largest absolute Gasteiger partial charge is 0.498 e. The molecule has 1 nitrogen and oxygen atoms in total. The minimum Gasteiger partial charge on any atom is -0.498 e. The average molecular weight is 138 g/mol. The molecule has 0 bridgehead atoms. The Kier molecular flexibility index (Phi) is 1.66. The molecule has 0 aromatic carbocycles. The van der Waals surface area contributed by atoms with Crippen LogP contribution in [0.15, 0.2) is 12.3 Å². The lowest BCUT2D eigenvalue weighted by atomic mass is 9.99. The quantitative estimate of drug-likeness (QED) is 0.499. The van der Waals surface area contributed by atoms with Crippen LogP contribution in [0.2, 0.25) is 0 Å². The SMILES string of the molecule is C1=CC2CCCCCC2O1. The summed E-state index contributed by atoms with van der Waals surface area (Å²) < 4.78 is 5.46. The van der Waals surface area contributed by atoms with Gasteiger partial charge in [0.15, 0.2) is 0 Å². The van der Waals surface area contributed by atoms with Crippen molar-refractivity contribution < 1.29 is 4.74 Å². The smallest absolute Gasteiger partial charge is 0.104 e. The molecular weight excluding hydrogens is 124 g/mol. The van der Waals surface area contributed by atoms with Crippen LogP contribution in [0.3, 0.4) is 0 Å². The molecule has 0 aromatic heterocycles. The summed E-state index contributed by atoms with van der Waals surface area (Å²) in [7, 11) is 0. The molecule has 0 amide bonds. The minimum absolute atomic E-state index is 0.544. The van der Waals surface area contributed by atoms with Gasteiger partial charge in [-0.2, -0.15) is 0 Å². The molecule has 1 heteroatoms. The molecule has 0 saturated heterocycles. The Hall–Kier alpha value is -0.460. The molecule has 1 aliphatic heterocycles. The summed E-state index contributed by atoms with van der Waals surface area (Å²) in [6, 6.07) is 0. The Morgan fingerprint density at radius 3 is 3.00 bits per heavy atom. The second-order valence-electron chi connectivity index (χ2n) is 3.30. The normalized spacial score (nSPS) is 38.4. The Balaban J connectivity index is 2.00. The summed E-state index contributed by atoms with van der Waals surface area (Å²) in [6.07, 6.45) is 11.5. The molecule has 2 rings (SSSR count). The van der Waals surface area contributed by atoms with E-state index in [1.54, 1.807) is 0 Å². The lowest BCUT2D eigenvalue weighted by Gasteiger charge is -2.13. The molecule has 1 aliphatic carbocycles. The van der Waals surface area contributed by atoms with Crippen molar-refractivity contribution in [3.05, 3.63) is 12.3 Å². The molecule has 10 heavy (non-hydrogen) atoms. The zero-order valence-electron chi connectivity index (χ0n) is 6.25. The highest BCUT2D eigenvalue weighted by Gasteiger charge is 2.25. The average Bonchev–Trinajstić information content (AvgIpc) is 2.28. The predicted molar refractivity (Wildman–Crippen MR) is 40.6 cm³/mol. The minimum atomic E-state index is 0.544. The maximum Gasteiger partial charge on any atom is 0.104 e. The molecule has 1 heterocycles. The molecule has 1 fully saturated rings. The predicted octanol–water partition coefficient (Wildman–Crippen LogP) is 2.48. The highest BCUT2D eigenvalue weighted by atomic mass is 16.5. The number of ether oxygens (including phenoxy) is 1. The van der Waals surface area contributed by atoms with Crippen molar-refractivity contribution >= 4 is 0 Å². The van der Waals surface area contributed by atoms with E-state index in [4.69, 9.17) is 4.74 Å². The fourth-order valence-electron chi connectivity index (χ4n) is 1.94. The molecule has 0 N–H and O–H groups in total. The van der Waals surface area contributed by atoms with Crippen LogP contribution in [0.25, 0.3) is 0 Å². The van der Waals surface area contributed by atoms with Crippen molar-refractivity contribution in [3.63, 3.8) is 0 Å². The van der Waals surface area contributed by atoms with Crippen LogP contribution in [0.4, 0.5) is 0 Å². The van der Waals surface area contributed by atoms with Gasteiger partial charge in [-0.1, -0.05) is 12.8 Å². The van der Waals surface area contributed by atoms with Gasteiger partial charge >= 0.3 is 0 Å². The Labute approximate surface area is 62.1 Å². The Morgan fingerprint density at radius 2 is 2.00 bits per heavy atom. The van der Waals surface area contributed by atoms with Crippen LogP contribution in [-0.4, -0.2) is 6.10 Å². The first kappa shape index (κ1) is 6.26. The molecule has 0 spiro atoms. The van der Waals surface area contributed by atoms with Crippen LogP contribution in [0.1, 0.15) is 32.1 Å². The van der Waals surface area contributed by atoms with E-state index in [0.717, 1.165) is 5.92 Å². The van der Waals surface area contributed by atoms with E-state index in [0.29, 0.717) is 6.10 Å². The van der Waals surface area contributed by atoms with Gasteiger partial charge in [-0.15, -0.1) is 0 Å². The third kappa shape index (κ3) is 1.05. The van der Waals surface area contributed by atoms with Crippen molar-refractivity contribution in [3.8, 4) is 0 Å². The highest BCUT2D eigenvalue weighted by molar-refractivity contribution is 4.96. The van der Waals surface area contributed by atoms with E-state index >= 15 is 0 Å². The van der Waals surface area contributed by atoms with Crippen molar-refractivity contribution in [1.29, 1.82) is 0 Å². The number of fused-ring (bicyclic) bond motifs is 1. The molecule has 0 radical (unpaired) electrons. The van der Waals surface area contributed by atoms with Crippen molar-refractivity contribution in [1.82, 2.24) is 0 Å². The summed E-state index contributed by atoms with van der Waals surface area (Å²) in [6.45, 7) is 0. The summed E-state index contributed by atoms with van der Waals surface area (Å²) in [5.41, 5.74) is 0. The van der Waals surface area contributed by atoms with Gasteiger partial charge in [0.05, 0.1) is 6.26 Å². The number of rotatable bonds is 0. The summed E-state index contributed by atoms with van der Waals surface area (Å²) in [5.74, 6) is 0.752. The number of hydrogen-bond acceptors (Lipinski definition) is 1. The molecule has 2 unspecified atom stereocenters. The van der Waals surface area contributed by atoms with Gasteiger partial charge in [-0.3, -0.25) is 0 Å². The molecule has 2 atom stereocenters. The van der Waals surface area contributed by atoms with Crippen LogP contribution < -0.4 is 0 Å². The third-order valence-corrected chi connectivity index (χ3v) is 2.58. The van der Waals surface area contributed by atoms with Crippen LogP contribution in [-0.2, 0) is 4.74 Å². The van der Waals surface area contributed by atoms with Crippen molar-refractivity contribution in [2.45, 2.75) is 38.2 Å². The van der Waals surface area contributed by atoms with Gasteiger partial charge in [0.2, 0.25) is 0 Å². The third-order valence-electron chi connectivity index (χ3n) is 2.58. The van der Waals surface area contributed by atoms with E-state index in [2.05, 4.69) is 6.08 Å². The van der Waals surface area contributed by atoms with Gasteiger partial charge < -0.3 is 4.74 Å². The van der Waals surface area contributed by atoms with Crippen molar-refractivity contribution in [2.75, 3.05) is 0 Å². The van der Waals surface area contributed by atoms with Gasteiger partial charge in [0.1, 0.15) is 6.10 Å². The van der Waals surface area contributed by atoms with E-state index in [-0.39, 0.29) is 0 Å². The lowest BCUT2D eigenvalue weighted by molar-refractivity contribution is 0.127. The first-order valence-electron chi connectivity index (χ1n) is 4.29. The maximum atomic E-state index is 5.46. The number of hydrogen-bond donors (Lipinski definition) is 0. The van der Waals surface area contributed by atoms with Gasteiger partial charge in [-0.05, 0) is 25.3 Å². The van der Waals surface area contributed by atoms with Gasteiger partial charge in [0.25, 0.3) is 0 Å². The van der Waals surface area contributed by atoms with E-state index in [1.165, 1.54) is 32.1 Å². The van der Waals surface area contributed by atoms with Crippen LogP contribution in [0.5, 0.6) is 0 Å². The molecule has 2 aliphatic rings. The molecule has 56 valence electrons.